The molecule has 0 fully saturated rings. The van der Waals surface area contributed by atoms with Crippen LogP contribution in [0.15, 0.2) is 48.8 Å². The van der Waals surface area contributed by atoms with Crippen molar-refractivity contribution in [2.45, 2.75) is 25.8 Å². The normalized spacial score (nSPS) is 10.2. The highest BCUT2D eigenvalue weighted by Crippen LogP contribution is 2.28. The number of carbonyl (C=O) groups excluding carboxylic acids is 1. The van der Waals surface area contributed by atoms with Gasteiger partial charge in [0.25, 0.3) is 5.69 Å². The molecule has 0 aliphatic heterocycles. The minimum absolute atomic E-state index is 0.0911. The molecule has 0 aliphatic carbocycles. The van der Waals surface area contributed by atoms with Crippen LogP contribution in [-0.4, -0.2) is 17.9 Å². The van der Waals surface area contributed by atoms with Crippen molar-refractivity contribution >= 4 is 17.3 Å². The van der Waals surface area contributed by atoms with E-state index in [1.807, 2.05) is 30.6 Å². The number of unbranched alkanes of at least 4 members (excludes halogenated alkanes) is 1. The summed E-state index contributed by atoms with van der Waals surface area (Å²) in [6.07, 6.45) is 5.90. The van der Waals surface area contributed by atoms with Crippen molar-refractivity contribution in [2.24, 2.45) is 0 Å². The van der Waals surface area contributed by atoms with E-state index >= 15 is 0 Å². The SMILES string of the molecule is COc1ccc([N+](=O)[O-])cc1NC(=O)CCCC[n+]1ccccc1. The average molecular weight is 330 g/mol. The minimum Gasteiger partial charge on any atom is -0.495 e. The lowest BCUT2D eigenvalue weighted by Crippen LogP contribution is -2.32. The molecule has 24 heavy (non-hydrogen) atoms. The van der Waals surface area contributed by atoms with E-state index in [0.717, 1.165) is 19.4 Å². The molecule has 2 aromatic rings. The van der Waals surface area contributed by atoms with Gasteiger partial charge in [-0.3, -0.25) is 14.9 Å². The number of aromatic nitrogens is 1. The zero-order valence-electron chi connectivity index (χ0n) is 13.5. The van der Waals surface area contributed by atoms with Gasteiger partial charge in [-0.2, -0.15) is 0 Å². The number of carbonyl (C=O) groups is 1. The number of anilines is 1. The highest BCUT2D eigenvalue weighted by Gasteiger charge is 2.13. The zero-order chi connectivity index (χ0) is 17.4. The second kappa shape index (κ2) is 8.61. The number of rotatable bonds is 8. The number of non-ortho nitro benzene ring substituents is 1. The van der Waals surface area contributed by atoms with E-state index in [1.165, 1.54) is 25.3 Å². The van der Waals surface area contributed by atoms with Crippen LogP contribution in [0.4, 0.5) is 11.4 Å². The number of nitro benzene ring substituents is 1. The number of nitro groups is 1. The molecule has 0 aliphatic rings. The van der Waals surface area contributed by atoms with E-state index in [4.69, 9.17) is 4.74 Å². The van der Waals surface area contributed by atoms with Crippen molar-refractivity contribution < 1.29 is 19.0 Å². The first-order valence-electron chi connectivity index (χ1n) is 7.66. The molecule has 0 unspecified atom stereocenters. The van der Waals surface area contributed by atoms with Gasteiger partial charge in [0.05, 0.1) is 17.7 Å². The van der Waals surface area contributed by atoms with Gasteiger partial charge in [-0.1, -0.05) is 6.07 Å². The first-order chi connectivity index (χ1) is 11.6. The summed E-state index contributed by atoms with van der Waals surface area (Å²) in [4.78, 5) is 22.4. The Morgan fingerprint density at radius 3 is 2.67 bits per heavy atom. The lowest BCUT2D eigenvalue weighted by Gasteiger charge is -2.09. The molecule has 1 aromatic heterocycles. The average Bonchev–Trinajstić information content (AvgIpc) is 2.59. The number of ether oxygens (including phenoxy) is 1. The second-order valence-corrected chi connectivity index (χ2v) is 5.26. The predicted molar refractivity (Wildman–Crippen MR) is 88.8 cm³/mol. The molecule has 0 radical (unpaired) electrons. The number of hydrogen-bond donors (Lipinski definition) is 1. The Morgan fingerprint density at radius 1 is 1.25 bits per heavy atom. The summed E-state index contributed by atoms with van der Waals surface area (Å²) in [5.74, 6) is 0.209. The number of benzene rings is 1. The lowest BCUT2D eigenvalue weighted by atomic mass is 10.2. The van der Waals surface area contributed by atoms with Crippen molar-refractivity contribution in [3.63, 3.8) is 0 Å². The van der Waals surface area contributed by atoms with Crippen molar-refractivity contribution in [3.05, 3.63) is 58.9 Å². The number of amides is 1. The summed E-state index contributed by atoms with van der Waals surface area (Å²) < 4.78 is 7.18. The Bertz CT molecular complexity index is 704. The molecule has 0 bridgehead atoms. The van der Waals surface area contributed by atoms with E-state index in [0.29, 0.717) is 17.9 Å². The van der Waals surface area contributed by atoms with Gasteiger partial charge in [-0.25, -0.2) is 4.57 Å². The van der Waals surface area contributed by atoms with Crippen molar-refractivity contribution in [1.82, 2.24) is 0 Å². The van der Waals surface area contributed by atoms with E-state index in [9.17, 15) is 14.9 Å². The number of nitrogens with zero attached hydrogens (tertiary/aromatic N) is 2. The molecule has 0 saturated heterocycles. The summed E-state index contributed by atoms with van der Waals surface area (Å²) in [7, 11) is 1.45. The maximum Gasteiger partial charge on any atom is 0.271 e. The van der Waals surface area contributed by atoms with Gasteiger partial charge < -0.3 is 10.1 Å². The third kappa shape index (κ3) is 5.05. The first-order valence-corrected chi connectivity index (χ1v) is 7.66. The summed E-state index contributed by atoms with van der Waals surface area (Å²) in [5.41, 5.74) is 0.223. The molecule has 2 rings (SSSR count). The fourth-order valence-corrected chi connectivity index (χ4v) is 2.28. The number of aryl methyl sites for hydroxylation is 1. The Kier molecular flexibility index (Phi) is 6.24. The maximum atomic E-state index is 12.0. The van der Waals surface area contributed by atoms with Crippen LogP contribution >= 0.6 is 0 Å². The van der Waals surface area contributed by atoms with Gasteiger partial charge in [-0.05, 0) is 12.5 Å². The summed E-state index contributed by atoms with van der Waals surface area (Å²) in [5, 5.41) is 13.5. The zero-order valence-corrected chi connectivity index (χ0v) is 13.5. The van der Waals surface area contributed by atoms with Crippen LogP contribution in [0.3, 0.4) is 0 Å². The highest BCUT2D eigenvalue weighted by atomic mass is 16.6. The third-order valence-corrected chi connectivity index (χ3v) is 3.52. The molecule has 0 atom stereocenters. The van der Waals surface area contributed by atoms with Crippen LogP contribution in [0, 0.1) is 10.1 Å². The van der Waals surface area contributed by atoms with E-state index < -0.39 is 4.92 Å². The Balaban J connectivity index is 1.85. The van der Waals surface area contributed by atoms with E-state index in [-0.39, 0.29) is 11.6 Å². The Hall–Kier alpha value is -2.96. The van der Waals surface area contributed by atoms with Crippen LogP contribution in [0.25, 0.3) is 0 Å². The van der Waals surface area contributed by atoms with Crippen molar-refractivity contribution in [2.75, 3.05) is 12.4 Å². The van der Waals surface area contributed by atoms with Crippen molar-refractivity contribution in [1.29, 1.82) is 0 Å². The van der Waals surface area contributed by atoms with Gasteiger partial charge in [0.2, 0.25) is 5.91 Å². The molecule has 0 spiro atoms. The smallest absolute Gasteiger partial charge is 0.271 e. The Labute approximate surface area is 140 Å². The molecule has 1 aromatic carbocycles. The van der Waals surface area contributed by atoms with E-state index in [2.05, 4.69) is 9.88 Å². The molecule has 1 heterocycles. The van der Waals surface area contributed by atoms with Crippen LogP contribution in [-0.2, 0) is 11.3 Å². The fraction of sp³-hybridized carbons (Fsp3) is 0.294. The van der Waals surface area contributed by atoms with Gasteiger partial charge in [-0.15, -0.1) is 0 Å². The molecular weight excluding hydrogens is 310 g/mol. The first kappa shape index (κ1) is 17.4. The molecule has 7 nitrogen and oxygen atoms in total. The largest absolute Gasteiger partial charge is 0.495 e. The van der Waals surface area contributed by atoms with Crippen LogP contribution in [0.1, 0.15) is 19.3 Å². The molecule has 1 amide bonds. The molecular formula is C17H20N3O4+. The third-order valence-electron chi connectivity index (χ3n) is 3.52. The van der Waals surface area contributed by atoms with Crippen LogP contribution < -0.4 is 14.6 Å². The molecule has 7 heteroatoms. The van der Waals surface area contributed by atoms with Crippen LogP contribution in [0.2, 0.25) is 0 Å². The van der Waals surface area contributed by atoms with Crippen molar-refractivity contribution in [3.8, 4) is 5.75 Å². The standard InChI is InChI=1S/C17H19N3O4/c1-24-16-9-8-14(20(22)23)13-15(16)18-17(21)7-3-6-12-19-10-4-2-5-11-19/h2,4-5,8-11,13H,3,6-7,12H2,1H3/p+1. The second-order valence-electron chi connectivity index (χ2n) is 5.26. The van der Waals surface area contributed by atoms with Crippen LogP contribution in [0.5, 0.6) is 5.75 Å². The van der Waals surface area contributed by atoms with Gasteiger partial charge in [0.1, 0.15) is 12.3 Å². The number of hydrogen-bond acceptors (Lipinski definition) is 4. The Morgan fingerprint density at radius 2 is 2.00 bits per heavy atom. The fourth-order valence-electron chi connectivity index (χ4n) is 2.28. The number of nitrogens with one attached hydrogen (secondary N) is 1. The van der Waals surface area contributed by atoms with Gasteiger partial charge in [0.15, 0.2) is 12.4 Å². The lowest BCUT2D eigenvalue weighted by molar-refractivity contribution is -0.697. The highest BCUT2D eigenvalue weighted by molar-refractivity contribution is 5.92. The topological polar surface area (TPSA) is 85.3 Å². The summed E-state index contributed by atoms with van der Waals surface area (Å²) >= 11 is 0. The number of methoxy groups -OCH3 is 1. The number of pyridine rings is 1. The maximum absolute atomic E-state index is 12.0. The summed E-state index contributed by atoms with van der Waals surface area (Å²) in [6.45, 7) is 0.842. The predicted octanol–water partition coefficient (Wildman–Crippen LogP) is 2.70. The van der Waals surface area contributed by atoms with E-state index in [1.54, 1.807) is 0 Å². The molecule has 1 N–H and O–H groups in total. The van der Waals surface area contributed by atoms with Gasteiger partial charge >= 0.3 is 0 Å². The monoisotopic (exact) mass is 330 g/mol. The molecule has 0 saturated carbocycles. The summed E-state index contributed by atoms with van der Waals surface area (Å²) in [6, 6.07) is 9.99. The molecule has 126 valence electrons. The van der Waals surface area contributed by atoms with Gasteiger partial charge in [0, 0.05) is 37.1 Å². The quantitative estimate of drug-likeness (QED) is 0.349. The minimum atomic E-state index is -0.508.